The van der Waals surface area contributed by atoms with E-state index >= 15 is 0 Å². The molecule has 0 aromatic heterocycles. The minimum Gasteiger partial charge on any atom is -0.329 e. The second-order valence-corrected chi connectivity index (χ2v) is 5.07. The Morgan fingerprint density at radius 1 is 1.29 bits per heavy atom. The third kappa shape index (κ3) is 1.86. The summed E-state index contributed by atoms with van der Waals surface area (Å²) >= 11 is 6.93. The molecule has 1 aromatic carbocycles. The van der Waals surface area contributed by atoms with Gasteiger partial charge in [0, 0.05) is 21.9 Å². The van der Waals surface area contributed by atoms with E-state index in [1.807, 2.05) is 18.2 Å². The first-order chi connectivity index (χ1) is 6.68. The van der Waals surface area contributed by atoms with Gasteiger partial charge in [-0.25, -0.2) is 0 Å². The van der Waals surface area contributed by atoms with Crippen molar-refractivity contribution in [2.24, 2.45) is 0 Å². The molecule has 1 fully saturated rings. The second kappa shape index (κ2) is 4.03. The minimum absolute atomic E-state index is 0.716. The van der Waals surface area contributed by atoms with Crippen LogP contribution in [0.3, 0.4) is 0 Å². The minimum atomic E-state index is 0.716. The maximum absolute atomic E-state index is 7.79. The van der Waals surface area contributed by atoms with E-state index in [1.54, 1.807) is 0 Å². The Balaban J connectivity index is 2.36. The summed E-state index contributed by atoms with van der Waals surface area (Å²) in [5, 5.41) is 7.79. The molecule has 2 nitrogen and oxygen atoms in total. The number of anilines is 1. The summed E-state index contributed by atoms with van der Waals surface area (Å²) in [6.07, 6.45) is 1.98. The van der Waals surface area contributed by atoms with Crippen molar-refractivity contribution >= 4 is 43.4 Å². The first-order valence-electron chi connectivity index (χ1n) is 4.48. The topological polar surface area (TPSA) is 27.1 Å². The maximum Gasteiger partial charge on any atom is 0.100 e. The van der Waals surface area contributed by atoms with Gasteiger partial charge in [0.05, 0.1) is 5.69 Å². The fraction of sp³-hybridized carbons (Fsp3) is 0.300. The second-order valence-electron chi connectivity index (χ2n) is 3.30. The Kier molecular flexibility index (Phi) is 2.93. The predicted octanol–water partition coefficient (Wildman–Crippen LogP) is 3.79. The number of nitrogens with zero attached hydrogens (tertiary/aromatic N) is 1. The highest BCUT2D eigenvalue weighted by molar-refractivity contribution is 9.11. The molecule has 0 atom stereocenters. The normalized spacial score (nSPS) is 16.4. The summed E-state index contributed by atoms with van der Waals surface area (Å²) in [4.78, 5) is 2.05. The van der Waals surface area contributed by atoms with Gasteiger partial charge >= 0.3 is 0 Å². The van der Waals surface area contributed by atoms with E-state index in [0.717, 1.165) is 34.0 Å². The van der Waals surface area contributed by atoms with Crippen LogP contribution in [0.5, 0.6) is 0 Å². The van der Waals surface area contributed by atoms with E-state index in [1.165, 1.54) is 0 Å². The Morgan fingerprint density at radius 3 is 2.64 bits per heavy atom. The van der Waals surface area contributed by atoms with Gasteiger partial charge in [0.15, 0.2) is 0 Å². The van der Waals surface area contributed by atoms with Crippen molar-refractivity contribution < 1.29 is 0 Å². The van der Waals surface area contributed by atoms with Crippen LogP contribution < -0.4 is 4.90 Å². The largest absolute Gasteiger partial charge is 0.329 e. The van der Waals surface area contributed by atoms with Crippen LogP contribution in [-0.4, -0.2) is 12.4 Å². The maximum atomic E-state index is 7.79. The lowest BCUT2D eigenvalue weighted by Crippen LogP contribution is -2.23. The molecule has 1 saturated heterocycles. The number of hydrogen-bond acceptors (Lipinski definition) is 1. The molecule has 74 valence electrons. The van der Waals surface area contributed by atoms with Crippen LogP contribution in [-0.2, 0) is 0 Å². The molecule has 0 saturated carbocycles. The Bertz CT molecular complexity index is 376. The number of nitrogens with one attached hydrogen (secondary N) is 1. The molecule has 0 bridgehead atoms. The molecule has 0 aliphatic carbocycles. The fourth-order valence-corrected chi connectivity index (χ4v) is 2.90. The predicted molar refractivity (Wildman–Crippen MR) is 66.1 cm³/mol. The highest BCUT2D eigenvalue weighted by Gasteiger charge is 2.20. The van der Waals surface area contributed by atoms with Crippen LogP contribution in [0.15, 0.2) is 27.1 Å². The quantitative estimate of drug-likeness (QED) is 0.838. The van der Waals surface area contributed by atoms with Crippen molar-refractivity contribution in [1.29, 1.82) is 5.41 Å². The molecule has 4 heteroatoms. The van der Waals surface area contributed by atoms with Crippen LogP contribution in [0, 0.1) is 5.41 Å². The molecule has 0 unspecified atom stereocenters. The first-order valence-corrected chi connectivity index (χ1v) is 6.07. The Hall–Kier alpha value is -0.350. The van der Waals surface area contributed by atoms with E-state index in [-0.39, 0.29) is 0 Å². The zero-order chi connectivity index (χ0) is 10.1. The van der Waals surface area contributed by atoms with Crippen molar-refractivity contribution in [2.75, 3.05) is 11.4 Å². The lowest BCUT2D eigenvalue weighted by Gasteiger charge is -2.19. The van der Waals surface area contributed by atoms with Crippen molar-refractivity contribution in [2.45, 2.75) is 12.8 Å². The van der Waals surface area contributed by atoms with Gasteiger partial charge in [0.25, 0.3) is 0 Å². The number of benzene rings is 1. The highest BCUT2D eigenvalue weighted by Crippen LogP contribution is 2.31. The lowest BCUT2D eigenvalue weighted by molar-refractivity contribution is 0.955. The van der Waals surface area contributed by atoms with E-state index < -0.39 is 0 Å². The molecule has 14 heavy (non-hydrogen) atoms. The van der Waals surface area contributed by atoms with Crippen LogP contribution in [0.2, 0.25) is 0 Å². The summed E-state index contributed by atoms with van der Waals surface area (Å²) in [6.45, 7) is 0.957. The summed E-state index contributed by atoms with van der Waals surface area (Å²) < 4.78 is 2.09. The number of amidine groups is 1. The highest BCUT2D eigenvalue weighted by atomic mass is 79.9. The Morgan fingerprint density at radius 2 is 2.07 bits per heavy atom. The molecule has 1 aliphatic rings. The van der Waals surface area contributed by atoms with Gasteiger partial charge in [0.1, 0.15) is 5.84 Å². The molecule has 1 aliphatic heterocycles. The summed E-state index contributed by atoms with van der Waals surface area (Å²) in [7, 11) is 0. The average molecular weight is 318 g/mol. The molecular weight excluding hydrogens is 308 g/mol. The first kappa shape index (κ1) is 10.2. The summed E-state index contributed by atoms with van der Waals surface area (Å²) in [6, 6.07) is 6.06. The number of rotatable bonds is 1. The van der Waals surface area contributed by atoms with Gasteiger partial charge in [-0.2, -0.15) is 0 Å². The van der Waals surface area contributed by atoms with Gasteiger partial charge < -0.3 is 4.90 Å². The number of halogens is 2. The standard InChI is InChI=1S/C10H10Br2N2/c11-7-3-4-9(8(12)6-7)14-5-1-2-10(14)13/h3-4,6,13H,1-2,5H2. The van der Waals surface area contributed by atoms with Crippen molar-refractivity contribution in [3.8, 4) is 0 Å². The van der Waals surface area contributed by atoms with Gasteiger partial charge in [-0.05, 0) is 40.5 Å². The molecular formula is C10H10Br2N2. The third-order valence-electron chi connectivity index (χ3n) is 2.32. The van der Waals surface area contributed by atoms with Crippen molar-refractivity contribution in [3.05, 3.63) is 27.1 Å². The summed E-state index contributed by atoms with van der Waals surface area (Å²) in [5.41, 5.74) is 1.09. The smallest absolute Gasteiger partial charge is 0.100 e. The number of hydrogen-bond donors (Lipinski definition) is 1. The SMILES string of the molecule is N=C1CCCN1c1ccc(Br)cc1Br. The van der Waals surface area contributed by atoms with E-state index in [2.05, 4.69) is 36.8 Å². The monoisotopic (exact) mass is 316 g/mol. The van der Waals surface area contributed by atoms with E-state index in [9.17, 15) is 0 Å². The van der Waals surface area contributed by atoms with Crippen LogP contribution in [0.4, 0.5) is 5.69 Å². The fourth-order valence-electron chi connectivity index (χ4n) is 1.64. The van der Waals surface area contributed by atoms with Gasteiger partial charge in [0.2, 0.25) is 0 Å². The van der Waals surface area contributed by atoms with E-state index in [0.29, 0.717) is 5.84 Å². The lowest BCUT2D eigenvalue weighted by atomic mass is 10.3. The van der Waals surface area contributed by atoms with Crippen molar-refractivity contribution in [3.63, 3.8) is 0 Å². The molecule has 2 rings (SSSR count). The van der Waals surface area contributed by atoms with Gasteiger partial charge in [-0.15, -0.1) is 0 Å². The third-order valence-corrected chi connectivity index (χ3v) is 3.45. The van der Waals surface area contributed by atoms with Crippen LogP contribution in [0.25, 0.3) is 0 Å². The van der Waals surface area contributed by atoms with Crippen molar-refractivity contribution in [1.82, 2.24) is 0 Å². The molecule has 1 aromatic rings. The molecule has 0 amide bonds. The molecule has 0 spiro atoms. The zero-order valence-electron chi connectivity index (χ0n) is 7.56. The molecule has 1 heterocycles. The zero-order valence-corrected chi connectivity index (χ0v) is 10.7. The van der Waals surface area contributed by atoms with Gasteiger partial charge in [-0.1, -0.05) is 15.9 Å². The van der Waals surface area contributed by atoms with Gasteiger partial charge in [-0.3, -0.25) is 5.41 Å². The molecule has 1 N–H and O–H groups in total. The average Bonchev–Trinajstić information content (AvgIpc) is 2.52. The van der Waals surface area contributed by atoms with E-state index in [4.69, 9.17) is 5.41 Å². The Labute approximate surface area is 100 Å². The van der Waals surface area contributed by atoms with Crippen LogP contribution in [0.1, 0.15) is 12.8 Å². The van der Waals surface area contributed by atoms with Crippen LogP contribution >= 0.6 is 31.9 Å². The molecule has 0 radical (unpaired) electrons. The summed E-state index contributed by atoms with van der Waals surface area (Å²) in [5.74, 6) is 0.716.